The third-order valence-electron chi connectivity index (χ3n) is 4.73. The summed E-state index contributed by atoms with van der Waals surface area (Å²) in [6.07, 6.45) is 2.11. The van der Waals surface area contributed by atoms with Gasteiger partial charge in [0.15, 0.2) is 5.82 Å². The first-order chi connectivity index (χ1) is 15.1. The molecule has 0 fully saturated rings. The van der Waals surface area contributed by atoms with Gasteiger partial charge in [0.1, 0.15) is 11.6 Å². The average molecular weight is 415 g/mol. The van der Waals surface area contributed by atoms with Gasteiger partial charge < -0.3 is 5.32 Å². The standard InChI is InChI=1S/C25H19F2N3O/c26-20-10-6-18(7-11-20)15-24(31)30-25-22(14-17-4-2-1-3-5-17)29-23(16-28-25)19-8-12-21(27)13-9-19/h1-13,16H,14-15H2,(H,28,30,31). The van der Waals surface area contributed by atoms with E-state index in [2.05, 4.69) is 10.3 Å². The first-order valence-electron chi connectivity index (χ1n) is 9.77. The van der Waals surface area contributed by atoms with E-state index in [-0.39, 0.29) is 24.0 Å². The number of rotatable bonds is 6. The molecule has 4 nitrogen and oxygen atoms in total. The van der Waals surface area contributed by atoms with Crippen molar-refractivity contribution in [3.05, 3.63) is 114 Å². The number of hydrogen-bond acceptors (Lipinski definition) is 3. The summed E-state index contributed by atoms with van der Waals surface area (Å²) in [4.78, 5) is 21.7. The number of aromatic nitrogens is 2. The van der Waals surface area contributed by atoms with E-state index in [1.165, 1.54) is 24.3 Å². The zero-order chi connectivity index (χ0) is 21.6. The maximum atomic E-state index is 13.3. The van der Waals surface area contributed by atoms with Crippen molar-refractivity contribution in [1.82, 2.24) is 9.97 Å². The van der Waals surface area contributed by atoms with Gasteiger partial charge in [-0.05, 0) is 47.5 Å². The summed E-state index contributed by atoms with van der Waals surface area (Å²) in [7, 11) is 0. The highest BCUT2D eigenvalue weighted by atomic mass is 19.1. The Bertz CT molecular complexity index is 1180. The van der Waals surface area contributed by atoms with Gasteiger partial charge in [0.25, 0.3) is 0 Å². The Morgan fingerprint density at radius 1 is 0.806 bits per heavy atom. The highest BCUT2D eigenvalue weighted by Crippen LogP contribution is 2.22. The fourth-order valence-corrected chi connectivity index (χ4v) is 3.17. The molecule has 0 bridgehead atoms. The lowest BCUT2D eigenvalue weighted by Crippen LogP contribution is -2.17. The molecule has 0 aliphatic heterocycles. The molecule has 0 aliphatic rings. The minimum Gasteiger partial charge on any atom is -0.309 e. The molecule has 6 heteroatoms. The Balaban J connectivity index is 1.61. The second-order valence-corrected chi connectivity index (χ2v) is 7.07. The molecule has 0 unspecified atom stereocenters. The molecule has 0 atom stereocenters. The molecule has 31 heavy (non-hydrogen) atoms. The minimum atomic E-state index is -0.350. The Hall–Kier alpha value is -3.93. The van der Waals surface area contributed by atoms with E-state index in [4.69, 9.17) is 4.98 Å². The van der Waals surface area contributed by atoms with Crippen LogP contribution in [0.2, 0.25) is 0 Å². The lowest BCUT2D eigenvalue weighted by molar-refractivity contribution is -0.115. The van der Waals surface area contributed by atoms with Crippen LogP contribution in [0, 0.1) is 11.6 Å². The highest BCUT2D eigenvalue weighted by molar-refractivity contribution is 5.92. The summed E-state index contributed by atoms with van der Waals surface area (Å²) in [5, 5.41) is 2.82. The third-order valence-corrected chi connectivity index (χ3v) is 4.73. The lowest BCUT2D eigenvalue weighted by Gasteiger charge is -2.12. The summed E-state index contributed by atoms with van der Waals surface area (Å²) in [5.41, 5.74) is 3.62. The summed E-state index contributed by atoms with van der Waals surface area (Å²) in [6.45, 7) is 0. The lowest BCUT2D eigenvalue weighted by atomic mass is 10.1. The highest BCUT2D eigenvalue weighted by Gasteiger charge is 2.13. The first kappa shape index (κ1) is 20.3. The molecule has 0 aliphatic carbocycles. The molecular formula is C25H19F2N3O. The van der Waals surface area contributed by atoms with Crippen molar-refractivity contribution in [2.75, 3.05) is 5.32 Å². The van der Waals surface area contributed by atoms with Crippen LogP contribution in [0.25, 0.3) is 11.3 Å². The molecule has 0 spiro atoms. The van der Waals surface area contributed by atoms with E-state index in [0.29, 0.717) is 29.2 Å². The molecular weight excluding hydrogens is 396 g/mol. The molecule has 1 N–H and O–H groups in total. The molecule has 4 aromatic rings. The van der Waals surface area contributed by atoms with Crippen molar-refractivity contribution < 1.29 is 13.6 Å². The van der Waals surface area contributed by atoms with E-state index in [9.17, 15) is 13.6 Å². The Labute approximate surface area is 178 Å². The number of nitrogens with one attached hydrogen (secondary N) is 1. The van der Waals surface area contributed by atoms with Gasteiger partial charge in [-0.2, -0.15) is 0 Å². The van der Waals surface area contributed by atoms with Gasteiger partial charge in [-0.15, -0.1) is 0 Å². The number of halogens is 2. The van der Waals surface area contributed by atoms with Crippen LogP contribution in [0.3, 0.4) is 0 Å². The quantitative estimate of drug-likeness (QED) is 0.471. The molecule has 0 radical (unpaired) electrons. The first-order valence-corrected chi connectivity index (χ1v) is 9.77. The molecule has 4 rings (SSSR count). The van der Waals surface area contributed by atoms with Crippen LogP contribution in [-0.4, -0.2) is 15.9 Å². The van der Waals surface area contributed by atoms with Crippen molar-refractivity contribution >= 4 is 11.7 Å². The third kappa shape index (κ3) is 5.36. The molecule has 1 aromatic heterocycles. The second-order valence-electron chi connectivity index (χ2n) is 7.07. The number of carbonyl (C=O) groups excluding carboxylic acids is 1. The molecule has 3 aromatic carbocycles. The molecule has 0 saturated carbocycles. The van der Waals surface area contributed by atoms with Crippen molar-refractivity contribution in [2.45, 2.75) is 12.8 Å². The van der Waals surface area contributed by atoms with Crippen molar-refractivity contribution in [3.8, 4) is 11.3 Å². The number of carbonyl (C=O) groups is 1. The molecule has 1 heterocycles. The van der Waals surface area contributed by atoms with Crippen LogP contribution in [0.4, 0.5) is 14.6 Å². The number of benzene rings is 3. The van der Waals surface area contributed by atoms with Gasteiger partial charge in [-0.25, -0.2) is 18.7 Å². The van der Waals surface area contributed by atoms with Crippen molar-refractivity contribution in [1.29, 1.82) is 0 Å². The van der Waals surface area contributed by atoms with Crippen LogP contribution in [-0.2, 0) is 17.6 Å². The van der Waals surface area contributed by atoms with Crippen LogP contribution >= 0.6 is 0 Å². The van der Waals surface area contributed by atoms with Crippen LogP contribution in [0.15, 0.2) is 85.1 Å². The number of hydrogen-bond donors (Lipinski definition) is 1. The number of amides is 1. The van der Waals surface area contributed by atoms with Gasteiger partial charge in [0.2, 0.25) is 5.91 Å². The van der Waals surface area contributed by atoms with E-state index in [1.54, 1.807) is 30.5 Å². The predicted octanol–water partition coefficient (Wildman–Crippen LogP) is 5.19. The number of anilines is 1. The van der Waals surface area contributed by atoms with Crippen LogP contribution < -0.4 is 5.32 Å². The van der Waals surface area contributed by atoms with Gasteiger partial charge in [-0.3, -0.25) is 4.79 Å². The predicted molar refractivity (Wildman–Crippen MR) is 115 cm³/mol. The molecule has 1 amide bonds. The zero-order valence-electron chi connectivity index (χ0n) is 16.6. The summed E-state index contributed by atoms with van der Waals surface area (Å²) >= 11 is 0. The SMILES string of the molecule is O=C(Cc1ccc(F)cc1)Nc1ncc(-c2ccc(F)cc2)nc1Cc1ccccc1. The largest absolute Gasteiger partial charge is 0.309 e. The van der Waals surface area contributed by atoms with Gasteiger partial charge >= 0.3 is 0 Å². The fraction of sp³-hybridized carbons (Fsp3) is 0.0800. The summed E-state index contributed by atoms with van der Waals surface area (Å²) < 4.78 is 26.4. The maximum Gasteiger partial charge on any atom is 0.229 e. The van der Waals surface area contributed by atoms with Crippen molar-refractivity contribution in [3.63, 3.8) is 0 Å². The van der Waals surface area contributed by atoms with E-state index >= 15 is 0 Å². The average Bonchev–Trinajstić information content (AvgIpc) is 2.78. The monoisotopic (exact) mass is 415 g/mol. The molecule has 0 saturated heterocycles. The Morgan fingerprint density at radius 3 is 2.13 bits per heavy atom. The van der Waals surface area contributed by atoms with Crippen molar-refractivity contribution in [2.24, 2.45) is 0 Å². The minimum absolute atomic E-state index is 0.0897. The zero-order valence-corrected chi connectivity index (χ0v) is 16.6. The maximum absolute atomic E-state index is 13.3. The van der Waals surface area contributed by atoms with E-state index in [1.807, 2.05) is 30.3 Å². The number of nitrogens with zero attached hydrogens (tertiary/aromatic N) is 2. The van der Waals surface area contributed by atoms with Crippen LogP contribution in [0.1, 0.15) is 16.8 Å². The fourth-order valence-electron chi connectivity index (χ4n) is 3.17. The van der Waals surface area contributed by atoms with Gasteiger partial charge in [0, 0.05) is 12.0 Å². The van der Waals surface area contributed by atoms with E-state index in [0.717, 1.165) is 11.1 Å². The molecule has 154 valence electrons. The van der Waals surface area contributed by atoms with Gasteiger partial charge in [-0.1, -0.05) is 42.5 Å². The Kier molecular flexibility index (Phi) is 6.08. The second kappa shape index (κ2) is 9.26. The van der Waals surface area contributed by atoms with E-state index < -0.39 is 0 Å². The van der Waals surface area contributed by atoms with Crippen LogP contribution in [0.5, 0.6) is 0 Å². The smallest absolute Gasteiger partial charge is 0.229 e. The normalized spacial score (nSPS) is 10.6. The summed E-state index contributed by atoms with van der Waals surface area (Å²) in [5.74, 6) is -0.589. The van der Waals surface area contributed by atoms with Gasteiger partial charge in [0.05, 0.1) is 24.0 Å². The topological polar surface area (TPSA) is 54.9 Å². The Morgan fingerprint density at radius 2 is 1.45 bits per heavy atom. The summed E-state index contributed by atoms with van der Waals surface area (Å²) in [6, 6.07) is 21.5.